The van der Waals surface area contributed by atoms with E-state index in [9.17, 15) is 13.6 Å². The molecular formula is C11H6BrF2NO2. The van der Waals surface area contributed by atoms with Gasteiger partial charge in [0.15, 0.2) is 10.4 Å². The van der Waals surface area contributed by atoms with Gasteiger partial charge < -0.3 is 9.73 Å². The highest BCUT2D eigenvalue weighted by atomic mass is 79.9. The largest absolute Gasteiger partial charge is 0.444 e. The highest BCUT2D eigenvalue weighted by Crippen LogP contribution is 2.18. The predicted molar refractivity (Wildman–Crippen MR) is 60.7 cm³/mol. The molecule has 0 atom stereocenters. The van der Waals surface area contributed by atoms with E-state index in [0.29, 0.717) is 4.67 Å². The molecule has 0 saturated heterocycles. The van der Waals surface area contributed by atoms with Gasteiger partial charge in [-0.25, -0.2) is 8.78 Å². The van der Waals surface area contributed by atoms with Gasteiger partial charge in [-0.1, -0.05) is 0 Å². The number of anilines is 1. The summed E-state index contributed by atoms with van der Waals surface area (Å²) in [6, 6.07) is 5.73. The molecule has 0 radical (unpaired) electrons. The van der Waals surface area contributed by atoms with E-state index in [1.54, 1.807) is 0 Å². The molecule has 3 nitrogen and oxygen atoms in total. The van der Waals surface area contributed by atoms with Crippen molar-refractivity contribution in [2.45, 2.75) is 0 Å². The Bertz CT molecular complexity index is 568. The van der Waals surface area contributed by atoms with Gasteiger partial charge in [0.2, 0.25) is 0 Å². The first kappa shape index (κ1) is 11.8. The number of carbonyl (C=O) groups excluding carboxylic acids is 1. The quantitative estimate of drug-likeness (QED) is 0.921. The minimum atomic E-state index is -0.717. The Labute approximate surface area is 104 Å². The predicted octanol–water partition coefficient (Wildman–Crippen LogP) is 3.57. The van der Waals surface area contributed by atoms with Crippen LogP contribution in [0.1, 0.15) is 10.6 Å². The van der Waals surface area contributed by atoms with Crippen LogP contribution in [0.5, 0.6) is 0 Å². The molecule has 1 aromatic carbocycles. The lowest BCUT2D eigenvalue weighted by molar-refractivity contribution is 0.0995. The molecule has 0 bridgehead atoms. The van der Waals surface area contributed by atoms with E-state index < -0.39 is 17.5 Å². The maximum absolute atomic E-state index is 13.2. The molecule has 1 N–H and O–H groups in total. The Hall–Kier alpha value is -1.69. The maximum atomic E-state index is 13.2. The molecule has 1 aromatic heterocycles. The zero-order chi connectivity index (χ0) is 12.4. The van der Waals surface area contributed by atoms with Crippen LogP contribution in [0.25, 0.3) is 0 Å². The molecule has 0 saturated carbocycles. The smallest absolute Gasteiger partial charge is 0.291 e. The maximum Gasteiger partial charge on any atom is 0.291 e. The number of hydrogen-bond donors (Lipinski definition) is 1. The van der Waals surface area contributed by atoms with E-state index in [2.05, 4.69) is 21.2 Å². The van der Waals surface area contributed by atoms with Gasteiger partial charge in [0.1, 0.15) is 11.6 Å². The van der Waals surface area contributed by atoms with Crippen LogP contribution in [0.3, 0.4) is 0 Å². The standard InChI is InChI=1S/C11H6BrF2NO2/c12-10-4-3-9(17-10)11(16)15-8-5-6(13)1-2-7(8)14/h1-5H,(H,15,16). The summed E-state index contributed by atoms with van der Waals surface area (Å²) in [7, 11) is 0. The Morgan fingerprint density at radius 2 is 2.00 bits per heavy atom. The van der Waals surface area contributed by atoms with Crippen LogP contribution in [-0.2, 0) is 0 Å². The molecule has 0 fully saturated rings. The fourth-order valence-corrected chi connectivity index (χ4v) is 1.52. The monoisotopic (exact) mass is 301 g/mol. The minimum absolute atomic E-state index is 0.000497. The number of nitrogens with one attached hydrogen (secondary N) is 1. The zero-order valence-electron chi connectivity index (χ0n) is 8.34. The Balaban J connectivity index is 2.21. The normalized spacial score (nSPS) is 10.3. The van der Waals surface area contributed by atoms with Crippen LogP contribution >= 0.6 is 15.9 Å². The van der Waals surface area contributed by atoms with Crippen molar-refractivity contribution in [2.24, 2.45) is 0 Å². The van der Waals surface area contributed by atoms with Crippen molar-refractivity contribution < 1.29 is 18.0 Å². The van der Waals surface area contributed by atoms with Gasteiger partial charge in [-0.15, -0.1) is 0 Å². The number of rotatable bonds is 2. The molecule has 1 heterocycles. The number of furan rings is 1. The second-order valence-electron chi connectivity index (χ2n) is 3.18. The summed E-state index contributed by atoms with van der Waals surface area (Å²) in [6.45, 7) is 0. The summed E-state index contributed by atoms with van der Waals surface area (Å²) in [5.41, 5.74) is -0.234. The second kappa shape index (κ2) is 4.67. The number of hydrogen-bond acceptors (Lipinski definition) is 2. The molecular weight excluding hydrogens is 296 g/mol. The van der Waals surface area contributed by atoms with E-state index in [1.165, 1.54) is 12.1 Å². The van der Waals surface area contributed by atoms with Crippen LogP contribution in [-0.4, -0.2) is 5.91 Å². The Morgan fingerprint density at radius 3 is 2.65 bits per heavy atom. The molecule has 88 valence electrons. The van der Waals surface area contributed by atoms with Gasteiger partial charge in [0.25, 0.3) is 5.91 Å². The van der Waals surface area contributed by atoms with Gasteiger partial charge in [-0.3, -0.25) is 4.79 Å². The molecule has 1 amide bonds. The molecule has 0 unspecified atom stereocenters. The van der Waals surface area contributed by atoms with Gasteiger partial charge in [-0.05, 0) is 40.2 Å². The highest BCUT2D eigenvalue weighted by Gasteiger charge is 2.13. The summed E-state index contributed by atoms with van der Waals surface area (Å²) < 4.78 is 31.4. The minimum Gasteiger partial charge on any atom is -0.444 e. The van der Waals surface area contributed by atoms with Crippen molar-refractivity contribution >= 4 is 27.5 Å². The van der Waals surface area contributed by atoms with Gasteiger partial charge in [-0.2, -0.15) is 0 Å². The van der Waals surface area contributed by atoms with Gasteiger partial charge in [0.05, 0.1) is 5.69 Å². The first-order valence-corrected chi connectivity index (χ1v) is 5.37. The number of carbonyl (C=O) groups is 1. The topological polar surface area (TPSA) is 42.2 Å². The lowest BCUT2D eigenvalue weighted by atomic mass is 10.3. The highest BCUT2D eigenvalue weighted by molar-refractivity contribution is 9.10. The number of halogens is 3. The molecule has 0 aliphatic carbocycles. The average molecular weight is 302 g/mol. The van der Waals surface area contributed by atoms with Crippen molar-refractivity contribution in [3.63, 3.8) is 0 Å². The first-order valence-electron chi connectivity index (χ1n) is 4.58. The lowest BCUT2D eigenvalue weighted by Gasteiger charge is -2.04. The van der Waals surface area contributed by atoms with E-state index >= 15 is 0 Å². The molecule has 2 rings (SSSR count). The van der Waals surface area contributed by atoms with Crippen LogP contribution in [0.15, 0.2) is 39.4 Å². The average Bonchev–Trinajstić information content (AvgIpc) is 2.70. The third kappa shape index (κ3) is 2.71. The second-order valence-corrected chi connectivity index (χ2v) is 3.96. The van der Waals surface area contributed by atoms with Gasteiger partial charge >= 0.3 is 0 Å². The third-order valence-corrected chi connectivity index (χ3v) is 2.40. The summed E-state index contributed by atoms with van der Waals surface area (Å²) in [5, 5.41) is 2.21. The number of amides is 1. The molecule has 2 aromatic rings. The van der Waals surface area contributed by atoms with Crippen molar-refractivity contribution in [2.75, 3.05) is 5.32 Å². The van der Waals surface area contributed by atoms with Crippen molar-refractivity contribution in [1.82, 2.24) is 0 Å². The summed E-state index contributed by atoms with van der Waals surface area (Å²) in [5.74, 6) is -2.01. The van der Waals surface area contributed by atoms with Crippen LogP contribution in [0.2, 0.25) is 0 Å². The summed E-state index contributed by atoms with van der Waals surface area (Å²) >= 11 is 3.03. The SMILES string of the molecule is O=C(Nc1cc(F)ccc1F)c1ccc(Br)o1. The number of benzene rings is 1. The molecule has 6 heteroatoms. The summed E-state index contributed by atoms with van der Waals surface area (Å²) in [6.07, 6.45) is 0. The Morgan fingerprint density at radius 1 is 1.24 bits per heavy atom. The van der Waals surface area contributed by atoms with E-state index in [0.717, 1.165) is 18.2 Å². The Kier molecular flexibility index (Phi) is 3.23. The fraction of sp³-hybridized carbons (Fsp3) is 0. The van der Waals surface area contributed by atoms with Crippen LogP contribution in [0.4, 0.5) is 14.5 Å². The first-order chi connectivity index (χ1) is 8.06. The third-order valence-electron chi connectivity index (χ3n) is 1.97. The molecule has 17 heavy (non-hydrogen) atoms. The van der Waals surface area contributed by atoms with E-state index in [4.69, 9.17) is 4.42 Å². The van der Waals surface area contributed by atoms with Crippen molar-refractivity contribution in [3.8, 4) is 0 Å². The fourth-order valence-electron chi connectivity index (χ4n) is 1.21. The van der Waals surface area contributed by atoms with Gasteiger partial charge in [0, 0.05) is 6.07 Å². The van der Waals surface area contributed by atoms with E-state index in [-0.39, 0.29) is 11.4 Å². The van der Waals surface area contributed by atoms with Crippen LogP contribution in [0, 0.1) is 11.6 Å². The molecule has 0 aliphatic heterocycles. The summed E-state index contributed by atoms with van der Waals surface area (Å²) in [4.78, 5) is 11.6. The van der Waals surface area contributed by atoms with Crippen LogP contribution < -0.4 is 5.32 Å². The van der Waals surface area contributed by atoms with E-state index in [1.807, 2.05) is 0 Å². The van der Waals surface area contributed by atoms with Crippen molar-refractivity contribution in [1.29, 1.82) is 0 Å². The lowest BCUT2D eigenvalue weighted by Crippen LogP contribution is -2.12. The molecule has 0 spiro atoms. The zero-order valence-corrected chi connectivity index (χ0v) is 9.92. The molecule has 0 aliphatic rings. The van der Waals surface area contributed by atoms with Crippen molar-refractivity contribution in [3.05, 3.63) is 52.4 Å².